The SMILES string of the molecule is Cc1cc(C)c(CNC(=O)c2cc(-c3ccc(CCCOCCOCC(=O)N[C@H](C(=O)N4C[C@H](O)C[C@H]4C(=O)N[C@@H](C)c4ccc(-c5scnc5C)cc4)C(C)(C)C)nc3)cc3c2CCC(C)N3C2CCOCC2)c(=O)[nH]1. The van der Waals surface area contributed by atoms with Gasteiger partial charge in [0.05, 0.1) is 41.4 Å². The highest BCUT2D eigenvalue weighted by molar-refractivity contribution is 7.13. The van der Waals surface area contributed by atoms with E-state index in [-0.39, 0.29) is 62.7 Å². The van der Waals surface area contributed by atoms with Crippen molar-refractivity contribution in [3.05, 3.63) is 122 Å². The van der Waals surface area contributed by atoms with Crippen molar-refractivity contribution in [1.82, 2.24) is 35.8 Å². The number of likely N-dealkylation sites (tertiary alicyclic amines) is 1. The lowest BCUT2D eigenvalue weighted by atomic mass is 9.85. The molecular weight excluding hydrogens is 997 g/mol. The molecule has 2 aromatic carbocycles. The highest BCUT2D eigenvalue weighted by Gasteiger charge is 2.45. The van der Waals surface area contributed by atoms with E-state index in [0.717, 1.165) is 86.7 Å². The summed E-state index contributed by atoms with van der Waals surface area (Å²) in [6, 6.07) is 16.4. The van der Waals surface area contributed by atoms with Crippen molar-refractivity contribution in [2.75, 3.05) is 51.1 Å². The fourth-order valence-electron chi connectivity index (χ4n) is 10.8. The maximum Gasteiger partial charge on any atom is 0.253 e. The van der Waals surface area contributed by atoms with Crippen LogP contribution >= 0.6 is 11.3 Å². The molecule has 0 spiro atoms. The number of anilines is 1. The predicted octanol–water partition coefficient (Wildman–Crippen LogP) is 7.07. The minimum absolute atomic E-state index is 0.0270. The number of aryl methyl sites for hydroxylation is 4. The first-order valence-electron chi connectivity index (χ1n) is 27.1. The molecule has 3 aromatic heterocycles. The van der Waals surface area contributed by atoms with Gasteiger partial charge < -0.3 is 50.1 Å². The van der Waals surface area contributed by atoms with Crippen LogP contribution in [-0.4, -0.2) is 125 Å². The van der Waals surface area contributed by atoms with Gasteiger partial charge in [0.25, 0.3) is 11.5 Å². The van der Waals surface area contributed by atoms with E-state index in [1.54, 1.807) is 11.3 Å². The Hall–Kier alpha value is -6.31. The van der Waals surface area contributed by atoms with Crippen molar-refractivity contribution < 1.29 is 38.5 Å². The summed E-state index contributed by atoms with van der Waals surface area (Å²) in [7, 11) is 0. The topological polar surface area (TPSA) is 217 Å². The molecule has 4 amide bonds. The van der Waals surface area contributed by atoms with Crippen LogP contribution < -0.4 is 26.4 Å². The zero-order chi connectivity index (χ0) is 55.0. The van der Waals surface area contributed by atoms with Gasteiger partial charge in [-0.25, -0.2) is 4.98 Å². The number of aromatic nitrogens is 3. The number of carbonyl (C=O) groups is 4. The zero-order valence-corrected chi connectivity index (χ0v) is 46.6. The molecule has 8 rings (SSSR count). The van der Waals surface area contributed by atoms with Crippen molar-refractivity contribution in [1.29, 1.82) is 0 Å². The number of benzene rings is 2. The normalized spacial score (nSPS) is 18.6. The summed E-state index contributed by atoms with van der Waals surface area (Å²) < 4.78 is 17.2. The Balaban J connectivity index is 0.804. The van der Waals surface area contributed by atoms with Crippen LogP contribution in [0, 0.1) is 26.2 Å². The number of hydrogen-bond donors (Lipinski definition) is 5. The quantitative estimate of drug-likeness (QED) is 0.0495. The summed E-state index contributed by atoms with van der Waals surface area (Å²) in [6.07, 6.45) is 5.97. The molecule has 0 aliphatic carbocycles. The van der Waals surface area contributed by atoms with E-state index in [0.29, 0.717) is 55.9 Å². The number of thiazole rings is 1. The number of fused-ring (bicyclic) bond motifs is 1. The largest absolute Gasteiger partial charge is 0.391 e. The summed E-state index contributed by atoms with van der Waals surface area (Å²) in [6.45, 7) is 17.4. The first-order valence-corrected chi connectivity index (χ1v) is 27.9. The average molecular weight is 1070 g/mol. The number of hydrogen-bond acceptors (Lipinski definition) is 13. The molecule has 3 aliphatic heterocycles. The Morgan fingerprint density at radius 3 is 2.35 bits per heavy atom. The van der Waals surface area contributed by atoms with E-state index in [1.165, 1.54) is 4.90 Å². The number of rotatable bonds is 20. The van der Waals surface area contributed by atoms with Gasteiger partial charge >= 0.3 is 0 Å². The lowest BCUT2D eigenvalue weighted by Gasteiger charge is -2.44. The van der Waals surface area contributed by atoms with Gasteiger partial charge in [0.2, 0.25) is 17.7 Å². The molecule has 3 aliphatic rings. The molecule has 5 N–H and O–H groups in total. The Morgan fingerprint density at radius 1 is 0.922 bits per heavy atom. The molecule has 5 atom stereocenters. The second-order valence-corrected chi connectivity index (χ2v) is 22.8. The van der Waals surface area contributed by atoms with Crippen LogP contribution in [-0.2, 0) is 48.0 Å². The number of nitrogens with one attached hydrogen (secondary N) is 4. The van der Waals surface area contributed by atoms with Gasteiger partial charge in [0, 0.05) is 91.4 Å². The van der Waals surface area contributed by atoms with Crippen molar-refractivity contribution in [3.8, 4) is 21.6 Å². The number of aliphatic hydroxyl groups excluding tert-OH is 1. The molecule has 0 bridgehead atoms. The number of aromatic amines is 1. The van der Waals surface area contributed by atoms with E-state index < -0.39 is 35.4 Å². The molecule has 1 unspecified atom stereocenters. The first-order chi connectivity index (χ1) is 36.9. The number of pyridine rings is 2. The number of H-pyrrole nitrogens is 1. The van der Waals surface area contributed by atoms with E-state index >= 15 is 0 Å². The summed E-state index contributed by atoms with van der Waals surface area (Å²) in [5.41, 5.74) is 11.3. The van der Waals surface area contributed by atoms with Gasteiger partial charge in [-0.3, -0.25) is 29.0 Å². The Bertz CT molecular complexity index is 2930. The smallest absolute Gasteiger partial charge is 0.253 e. The number of carbonyl (C=O) groups excluding carboxylic acids is 4. The maximum atomic E-state index is 14.1. The molecular formula is C59H76N8O9S. The van der Waals surface area contributed by atoms with Gasteiger partial charge in [0.15, 0.2) is 0 Å². The van der Waals surface area contributed by atoms with E-state index in [2.05, 4.69) is 43.8 Å². The number of amides is 4. The highest BCUT2D eigenvalue weighted by atomic mass is 32.1. The summed E-state index contributed by atoms with van der Waals surface area (Å²) in [5, 5.41) is 19.6. The summed E-state index contributed by atoms with van der Waals surface area (Å²) in [4.78, 5) is 85.0. The number of nitrogens with zero attached hydrogens (tertiary/aromatic N) is 4. The number of ether oxygens (including phenoxy) is 3. The molecule has 0 radical (unpaired) electrons. The molecule has 6 heterocycles. The van der Waals surface area contributed by atoms with Crippen LogP contribution in [0.4, 0.5) is 5.69 Å². The summed E-state index contributed by atoms with van der Waals surface area (Å²) in [5.74, 6) is -1.52. The van der Waals surface area contributed by atoms with Crippen molar-refractivity contribution in [2.24, 2.45) is 5.41 Å². The van der Waals surface area contributed by atoms with Crippen LogP contribution in [0.25, 0.3) is 21.6 Å². The lowest BCUT2D eigenvalue weighted by molar-refractivity contribution is -0.144. The predicted molar refractivity (Wildman–Crippen MR) is 298 cm³/mol. The van der Waals surface area contributed by atoms with E-state index in [4.69, 9.17) is 19.2 Å². The Kier molecular flexibility index (Phi) is 18.8. The molecule has 5 aromatic rings. The fourth-order valence-corrected chi connectivity index (χ4v) is 11.6. The van der Waals surface area contributed by atoms with Gasteiger partial charge in [-0.05, 0) is 131 Å². The fraction of sp³-hybridized carbons (Fsp3) is 0.508. The van der Waals surface area contributed by atoms with Crippen LogP contribution in [0.5, 0.6) is 0 Å². The Labute approximate surface area is 455 Å². The molecule has 77 heavy (non-hydrogen) atoms. The first kappa shape index (κ1) is 56.9. The van der Waals surface area contributed by atoms with E-state index in [9.17, 15) is 29.1 Å². The third-order valence-corrected chi connectivity index (χ3v) is 16.1. The molecule has 0 saturated carbocycles. The third-order valence-electron chi connectivity index (χ3n) is 15.1. The molecule has 2 saturated heterocycles. The highest BCUT2D eigenvalue weighted by Crippen LogP contribution is 2.40. The molecule has 17 nitrogen and oxygen atoms in total. The minimum Gasteiger partial charge on any atom is -0.391 e. The van der Waals surface area contributed by atoms with Gasteiger partial charge in [-0.1, -0.05) is 51.1 Å². The van der Waals surface area contributed by atoms with Gasteiger partial charge in [0.1, 0.15) is 18.7 Å². The minimum atomic E-state index is -0.982. The van der Waals surface area contributed by atoms with Crippen molar-refractivity contribution in [3.63, 3.8) is 0 Å². The average Bonchev–Trinajstić information content (AvgIpc) is 4.06. The van der Waals surface area contributed by atoms with Gasteiger partial charge in [-0.15, -0.1) is 11.3 Å². The van der Waals surface area contributed by atoms with Crippen LogP contribution in [0.1, 0.15) is 122 Å². The number of aliphatic hydroxyl groups is 1. The lowest BCUT2D eigenvalue weighted by Crippen LogP contribution is -2.58. The zero-order valence-electron chi connectivity index (χ0n) is 45.8. The monoisotopic (exact) mass is 1070 g/mol. The number of β-amino-alcohol motifs (C(OH)–C–C–N with tert-alkyl or cyclic N) is 1. The van der Waals surface area contributed by atoms with Crippen LogP contribution in [0.2, 0.25) is 0 Å². The molecule has 2 fully saturated rings. The third kappa shape index (κ3) is 14.1. The van der Waals surface area contributed by atoms with Crippen LogP contribution in [0.3, 0.4) is 0 Å². The van der Waals surface area contributed by atoms with Crippen molar-refractivity contribution in [2.45, 2.75) is 143 Å². The van der Waals surface area contributed by atoms with Crippen LogP contribution in [0.15, 0.2) is 71.1 Å². The standard InChI is InChI=1S/C59H76N8O9S/c1-35-26-36(2)63-56(71)49(35)31-61-55(70)48-27-43(28-50-47(48)18-11-37(3)67(50)45-19-22-75-23-20-45)42-16-17-44(60-30-42)10-9-21-74-24-25-76-33-52(69)65-54(59(6,7)8)58(73)66-32-46(68)29-51(66)57(72)64-38(4)40-12-14-41(15-13-40)53-39(5)62-34-77-53/h12-17,26-28,30,34,37-38,45-46,51,54,68H,9-11,18-25,29,31-33H2,1-8H3,(H,61,70)(H,63,71)(H,64,72)(H,65,69)/t37?,38-,46+,51-,54+/m0/s1. The van der Waals surface area contributed by atoms with E-state index in [1.807, 2.05) is 109 Å². The van der Waals surface area contributed by atoms with Crippen molar-refractivity contribution >= 4 is 40.7 Å². The summed E-state index contributed by atoms with van der Waals surface area (Å²) >= 11 is 1.57. The maximum absolute atomic E-state index is 14.1. The Morgan fingerprint density at radius 2 is 1.66 bits per heavy atom. The molecule has 18 heteroatoms. The second-order valence-electron chi connectivity index (χ2n) is 22.0. The second kappa shape index (κ2) is 25.4. The molecule has 412 valence electrons. The van der Waals surface area contributed by atoms with Gasteiger partial charge in [-0.2, -0.15) is 0 Å².